The Bertz CT molecular complexity index is 435. The Kier molecular flexibility index (Phi) is 8.76. The van der Waals surface area contributed by atoms with Crippen molar-refractivity contribution in [3.8, 4) is 0 Å². The Morgan fingerprint density at radius 3 is 2.58 bits per heavy atom. The van der Waals surface area contributed by atoms with Gasteiger partial charge in [0.2, 0.25) is 5.91 Å². The monoisotopic (exact) mass is 451 g/mol. The first-order chi connectivity index (χ1) is 11.0. The van der Waals surface area contributed by atoms with E-state index in [9.17, 15) is 4.79 Å². The van der Waals surface area contributed by atoms with Crippen LogP contribution in [0.3, 0.4) is 0 Å². The molecule has 2 rings (SSSR count). The van der Waals surface area contributed by atoms with E-state index in [-0.39, 0.29) is 35.3 Å². The van der Waals surface area contributed by atoms with Gasteiger partial charge in [-0.25, -0.2) is 0 Å². The van der Waals surface area contributed by atoms with Gasteiger partial charge in [-0.1, -0.05) is 19.8 Å². The third-order valence-electron chi connectivity index (χ3n) is 5.40. The van der Waals surface area contributed by atoms with Gasteiger partial charge in [0, 0.05) is 26.7 Å². The molecule has 1 heterocycles. The average molecular weight is 451 g/mol. The van der Waals surface area contributed by atoms with E-state index >= 15 is 0 Å². The van der Waals surface area contributed by atoms with E-state index in [0.717, 1.165) is 38.8 Å². The number of nitrogens with one attached hydrogen (secondary N) is 1. The quantitative estimate of drug-likeness (QED) is 0.366. The van der Waals surface area contributed by atoms with Crippen LogP contribution in [0.4, 0.5) is 0 Å². The van der Waals surface area contributed by atoms with Gasteiger partial charge in [0.05, 0.1) is 12.0 Å². The van der Waals surface area contributed by atoms with Crippen LogP contribution in [0.15, 0.2) is 4.99 Å². The number of carbonyl (C=O) groups excluding carboxylic acids is 1. The molecule has 7 heteroatoms. The van der Waals surface area contributed by atoms with Crippen LogP contribution in [-0.2, 0) is 4.79 Å². The Morgan fingerprint density at radius 2 is 2.00 bits per heavy atom. The minimum Gasteiger partial charge on any atom is -0.370 e. The second kappa shape index (κ2) is 9.79. The molecule has 0 spiro atoms. The highest BCUT2D eigenvalue weighted by Gasteiger charge is 2.41. The zero-order valence-electron chi connectivity index (χ0n) is 15.4. The molecule has 1 aliphatic heterocycles. The number of nitrogens with zero attached hydrogens (tertiary/aromatic N) is 3. The smallest absolute Gasteiger partial charge is 0.230 e. The van der Waals surface area contributed by atoms with Gasteiger partial charge in [-0.05, 0) is 38.8 Å². The summed E-state index contributed by atoms with van der Waals surface area (Å²) >= 11 is 0. The molecule has 0 aromatic carbocycles. The number of hydrogen-bond donors (Lipinski definition) is 2. The van der Waals surface area contributed by atoms with Crippen molar-refractivity contribution in [2.24, 2.45) is 16.1 Å². The maximum Gasteiger partial charge on any atom is 0.230 e. The highest BCUT2D eigenvalue weighted by Crippen LogP contribution is 2.39. The maximum absolute atomic E-state index is 12.5. The molecule has 1 atom stereocenters. The predicted octanol–water partition coefficient (Wildman–Crippen LogP) is 1.64. The molecule has 6 nitrogen and oxygen atoms in total. The lowest BCUT2D eigenvalue weighted by Gasteiger charge is -2.29. The highest BCUT2D eigenvalue weighted by molar-refractivity contribution is 14.0. The number of likely N-dealkylation sites (N-methyl/N-ethyl adjacent to an activating group) is 1. The zero-order valence-corrected chi connectivity index (χ0v) is 17.7. The van der Waals surface area contributed by atoms with E-state index in [1.54, 1.807) is 4.90 Å². The number of aliphatic imine (C=N–C) groups is 1. The highest BCUT2D eigenvalue weighted by atomic mass is 127. The molecule has 1 aliphatic carbocycles. The summed E-state index contributed by atoms with van der Waals surface area (Å²) in [5.41, 5.74) is 5.71. The summed E-state index contributed by atoms with van der Waals surface area (Å²) in [6.45, 7) is 5.82. The lowest BCUT2D eigenvalue weighted by molar-refractivity contribution is -0.138. The Morgan fingerprint density at radius 1 is 1.33 bits per heavy atom. The zero-order chi connectivity index (χ0) is 16.9. The van der Waals surface area contributed by atoms with Gasteiger partial charge in [0.25, 0.3) is 0 Å². The van der Waals surface area contributed by atoms with Gasteiger partial charge in [-0.15, -0.1) is 24.0 Å². The molecule has 2 fully saturated rings. The van der Waals surface area contributed by atoms with Gasteiger partial charge in [-0.3, -0.25) is 14.7 Å². The summed E-state index contributed by atoms with van der Waals surface area (Å²) in [5.74, 6) is 0.672. The Hall–Kier alpha value is -0.570. The number of carbonyl (C=O) groups is 1. The molecule has 1 saturated heterocycles. The largest absolute Gasteiger partial charge is 0.370 e. The SMILES string of the molecule is CCN1CCCC1CNC(N)=NCC1(C(=O)N(C)C)CCCC1.I. The minimum absolute atomic E-state index is 0. The molecular weight excluding hydrogens is 417 g/mol. The van der Waals surface area contributed by atoms with Crippen molar-refractivity contribution >= 4 is 35.8 Å². The number of likely N-dealkylation sites (tertiary alicyclic amines) is 1. The molecule has 1 saturated carbocycles. The Labute approximate surface area is 163 Å². The van der Waals surface area contributed by atoms with Crippen molar-refractivity contribution in [1.29, 1.82) is 0 Å². The average Bonchev–Trinajstić information content (AvgIpc) is 3.19. The van der Waals surface area contributed by atoms with Crippen LogP contribution in [-0.4, -0.2) is 68.0 Å². The summed E-state index contributed by atoms with van der Waals surface area (Å²) < 4.78 is 0. The summed E-state index contributed by atoms with van der Waals surface area (Å²) in [5, 5.41) is 3.26. The third-order valence-corrected chi connectivity index (χ3v) is 5.40. The summed E-state index contributed by atoms with van der Waals surface area (Å²) in [4.78, 5) is 21.2. The van der Waals surface area contributed by atoms with Gasteiger partial charge in [0.1, 0.15) is 0 Å². The molecule has 140 valence electrons. The minimum atomic E-state index is -0.335. The number of guanidine groups is 1. The van der Waals surface area contributed by atoms with Crippen molar-refractivity contribution in [3.05, 3.63) is 0 Å². The van der Waals surface area contributed by atoms with Crippen LogP contribution in [0.1, 0.15) is 45.4 Å². The fraction of sp³-hybridized carbons (Fsp3) is 0.882. The maximum atomic E-state index is 12.5. The first kappa shape index (κ1) is 21.5. The van der Waals surface area contributed by atoms with Gasteiger partial charge in [0.15, 0.2) is 5.96 Å². The van der Waals surface area contributed by atoms with E-state index < -0.39 is 0 Å². The molecule has 2 aliphatic rings. The van der Waals surface area contributed by atoms with E-state index in [2.05, 4.69) is 22.1 Å². The lowest BCUT2D eigenvalue weighted by atomic mass is 9.85. The van der Waals surface area contributed by atoms with Gasteiger partial charge >= 0.3 is 0 Å². The molecular formula is C17H34IN5O. The van der Waals surface area contributed by atoms with Crippen LogP contribution in [0.2, 0.25) is 0 Å². The summed E-state index contributed by atoms with van der Waals surface area (Å²) in [6, 6.07) is 0.553. The summed E-state index contributed by atoms with van der Waals surface area (Å²) in [7, 11) is 3.65. The lowest BCUT2D eigenvalue weighted by Crippen LogP contribution is -2.44. The molecule has 0 aromatic rings. The predicted molar refractivity (Wildman–Crippen MR) is 110 cm³/mol. The number of hydrogen-bond acceptors (Lipinski definition) is 3. The van der Waals surface area contributed by atoms with Crippen LogP contribution in [0.5, 0.6) is 0 Å². The molecule has 0 bridgehead atoms. The fourth-order valence-corrected chi connectivity index (χ4v) is 4.02. The normalized spacial score (nSPS) is 23.8. The topological polar surface area (TPSA) is 74.0 Å². The molecule has 24 heavy (non-hydrogen) atoms. The van der Waals surface area contributed by atoms with Gasteiger partial charge in [-0.2, -0.15) is 0 Å². The van der Waals surface area contributed by atoms with Crippen molar-refractivity contribution in [2.75, 3.05) is 40.3 Å². The molecule has 1 unspecified atom stereocenters. The van der Waals surface area contributed by atoms with E-state index in [4.69, 9.17) is 5.73 Å². The second-order valence-corrected chi connectivity index (χ2v) is 7.19. The number of rotatable bonds is 6. The van der Waals surface area contributed by atoms with Crippen molar-refractivity contribution < 1.29 is 4.79 Å². The van der Waals surface area contributed by atoms with Crippen molar-refractivity contribution in [1.82, 2.24) is 15.1 Å². The van der Waals surface area contributed by atoms with Crippen molar-refractivity contribution in [3.63, 3.8) is 0 Å². The molecule has 3 N–H and O–H groups in total. The number of amides is 1. The van der Waals surface area contributed by atoms with Crippen molar-refractivity contribution in [2.45, 2.75) is 51.5 Å². The van der Waals surface area contributed by atoms with Crippen LogP contribution >= 0.6 is 24.0 Å². The number of halogens is 1. The van der Waals surface area contributed by atoms with Gasteiger partial charge < -0.3 is 16.0 Å². The Balaban J connectivity index is 0.00000288. The van der Waals surface area contributed by atoms with E-state index in [1.807, 2.05) is 14.1 Å². The van der Waals surface area contributed by atoms with Crippen LogP contribution in [0.25, 0.3) is 0 Å². The van der Waals surface area contributed by atoms with E-state index in [0.29, 0.717) is 18.5 Å². The second-order valence-electron chi connectivity index (χ2n) is 7.19. The first-order valence-electron chi connectivity index (χ1n) is 8.98. The third kappa shape index (κ3) is 5.21. The van der Waals surface area contributed by atoms with E-state index in [1.165, 1.54) is 19.4 Å². The molecule has 1 amide bonds. The first-order valence-corrected chi connectivity index (χ1v) is 8.98. The molecule has 0 radical (unpaired) electrons. The number of nitrogens with two attached hydrogens (primary N) is 1. The van der Waals surface area contributed by atoms with Crippen LogP contribution in [0, 0.1) is 5.41 Å². The van der Waals surface area contributed by atoms with Crippen LogP contribution < -0.4 is 11.1 Å². The molecule has 0 aromatic heterocycles. The summed E-state index contributed by atoms with van der Waals surface area (Å²) in [6.07, 6.45) is 6.54. The standard InChI is InChI=1S/C17H33N5O.HI/c1-4-22-11-7-8-14(22)12-19-16(18)20-13-17(9-5-6-10-17)15(23)21(2)3;/h14H,4-13H2,1-3H3,(H3,18,19,20);1H. The fourth-order valence-electron chi connectivity index (χ4n) is 4.02.